The Balaban J connectivity index is 2.11. The number of aromatic nitrogens is 2. The topological polar surface area (TPSA) is 64.9 Å². The summed E-state index contributed by atoms with van der Waals surface area (Å²) in [5, 5.41) is 3.77. The molecule has 2 N–H and O–H groups in total. The van der Waals surface area contributed by atoms with Gasteiger partial charge >= 0.3 is 0 Å². The van der Waals surface area contributed by atoms with Crippen LogP contribution in [0, 0.1) is 0 Å². The molecule has 0 radical (unpaired) electrons. The van der Waals surface area contributed by atoms with Gasteiger partial charge < -0.3 is 10.2 Å². The van der Waals surface area contributed by atoms with Crippen molar-refractivity contribution in [3.63, 3.8) is 0 Å². The Kier molecular flexibility index (Phi) is 2.19. The lowest BCUT2D eigenvalue weighted by molar-refractivity contribution is 0.617. The highest BCUT2D eigenvalue weighted by atomic mass is 32.1. The molecule has 0 aromatic carbocycles. The summed E-state index contributed by atoms with van der Waals surface area (Å²) in [6.45, 7) is 0.453. The predicted octanol–water partition coefficient (Wildman–Crippen LogP) is 2.41. The standard InChI is InChI=1S/C11H9N3OS/c12-5-8-6-16-11(14-8)9-4-7-2-1-3-13-10(7)15-9/h1-4,6H,5,12H2. The molecule has 4 nitrogen and oxygen atoms in total. The van der Waals surface area contributed by atoms with Crippen molar-refractivity contribution < 1.29 is 4.42 Å². The summed E-state index contributed by atoms with van der Waals surface area (Å²) in [7, 11) is 0. The van der Waals surface area contributed by atoms with Crippen LogP contribution in [0.5, 0.6) is 0 Å². The van der Waals surface area contributed by atoms with Crippen LogP contribution >= 0.6 is 11.3 Å². The zero-order chi connectivity index (χ0) is 11.0. The highest BCUT2D eigenvalue weighted by Crippen LogP contribution is 2.28. The summed E-state index contributed by atoms with van der Waals surface area (Å²) >= 11 is 1.53. The van der Waals surface area contributed by atoms with Gasteiger partial charge in [-0.25, -0.2) is 9.97 Å². The van der Waals surface area contributed by atoms with Crippen molar-refractivity contribution in [1.29, 1.82) is 0 Å². The van der Waals surface area contributed by atoms with Gasteiger partial charge in [0, 0.05) is 23.5 Å². The quantitative estimate of drug-likeness (QED) is 0.735. The van der Waals surface area contributed by atoms with Crippen molar-refractivity contribution in [3.05, 3.63) is 35.5 Å². The van der Waals surface area contributed by atoms with Gasteiger partial charge in [-0.3, -0.25) is 0 Å². The highest BCUT2D eigenvalue weighted by molar-refractivity contribution is 7.13. The highest BCUT2D eigenvalue weighted by Gasteiger charge is 2.10. The van der Waals surface area contributed by atoms with Gasteiger partial charge in [0.1, 0.15) is 0 Å². The molecule has 0 aliphatic carbocycles. The van der Waals surface area contributed by atoms with Gasteiger partial charge in [0.2, 0.25) is 5.71 Å². The van der Waals surface area contributed by atoms with Gasteiger partial charge in [0.15, 0.2) is 10.8 Å². The van der Waals surface area contributed by atoms with Gasteiger partial charge in [-0.15, -0.1) is 11.3 Å². The smallest absolute Gasteiger partial charge is 0.226 e. The molecule has 0 saturated carbocycles. The first-order chi connectivity index (χ1) is 7.86. The molecule has 0 aliphatic heterocycles. The number of thiazole rings is 1. The number of nitrogens with zero attached hydrogens (tertiary/aromatic N) is 2. The van der Waals surface area contributed by atoms with Crippen LogP contribution in [0.25, 0.3) is 21.9 Å². The normalized spacial score (nSPS) is 11.1. The molecular weight excluding hydrogens is 222 g/mol. The molecule has 5 heteroatoms. The molecule has 80 valence electrons. The first kappa shape index (κ1) is 9.50. The lowest BCUT2D eigenvalue weighted by Gasteiger charge is -1.87. The van der Waals surface area contributed by atoms with Gasteiger partial charge in [-0.2, -0.15) is 0 Å². The summed E-state index contributed by atoms with van der Waals surface area (Å²) in [6.07, 6.45) is 1.71. The minimum absolute atomic E-state index is 0.453. The van der Waals surface area contributed by atoms with E-state index in [1.54, 1.807) is 6.20 Å². The lowest BCUT2D eigenvalue weighted by Crippen LogP contribution is -1.95. The lowest BCUT2D eigenvalue weighted by atomic mass is 10.3. The molecular formula is C11H9N3OS. The Morgan fingerprint density at radius 1 is 1.44 bits per heavy atom. The molecule has 16 heavy (non-hydrogen) atoms. The summed E-state index contributed by atoms with van der Waals surface area (Å²) in [5.74, 6) is 0.749. The number of furan rings is 1. The fourth-order valence-corrected chi connectivity index (χ4v) is 2.28. The summed E-state index contributed by atoms with van der Waals surface area (Å²) in [4.78, 5) is 8.51. The third-order valence-corrected chi connectivity index (χ3v) is 3.17. The number of fused-ring (bicyclic) bond motifs is 1. The van der Waals surface area contributed by atoms with Crippen LogP contribution in [0.1, 0.15) is 5.69 Å². The Morgan fingerprint density at radius 2 is 2.38 bits per heavy atom. The van der Waals surface area contributed by atoms with Crippen molar-refractivity contribution in [2.24, 2.45) is 5.73 Å². The molecule has 3 aromatic rings. The summed E-state index contributed by atoms with van der Waals surface area (Å²) < 4.78 is 5.61. The number of nitrogens with two attached hydrogens (primary N) is 1. The van der Waals surface area contributed by atoms with Crippen molar-refractivity contribution in [1.82, 2.24) is 9.97 Å². The number of pyridine rings is 1. The fourth-order valence-electron chi connectivity index (χ4n) is 1.49. The molecule has 0 aliphatic rings. The van der Waals surface area contributed by atoms with Crippen molar-refractivity contribution >= 4 is 22.4 Å². The van der Waals surface area contributed by atoms with E-state index in [1.165, 1.54) is 11.3 Å². The second kappa shape index (κ2) is 3.70. The van der Waals surface area contributed by atoms with E-state index in [2.05, 4.69) is 9.97 Å². The van der Waals surface area contributed by atoms with Crippen LogP contribution in [0.2, 0.25) is 0 Å². The maximum absolute atomic E-state index is 5.61. The number of hydrogen-bond donors (Lipinski definition) is 1. The minimum atomic E-state index is 0.453. The third-order valence-electron chi connectivity index (χ3n) is 2.27. The molecule has 3 rings (SSSR count). The van der Waals surface area contributed by atoms with Gasteiger partial charge in [-0.05, 0) is 18.2 Å². The summed E-state index contributed by atoms with van der Waals surface area (Å²) in [6, 6.07) is 5.79. The Labute approximate surface area is 95.7 Å². The van der Waals surface area contributed by atoms with E-state index in [-0.39, 0.29) is 0 Å². The monoisotopic (exact) mass is 231 g/mol. The largest absolute Gasteiger partial charge is 0.435 e. The minimum Gasteiger partial charge on any atom is -0.435 e. The van der Waals surface area contributed by atoms with Crippen LogP contribution in [0.4, 0.5) is 0 Å². The zero-order valence-electron chi connectivity index (χ0n) is 8.38. The van der Waals surface area contributed by atoms with Crippen LogP contribution in [0.15, 0.2) is 34.2 Å². The first-order valence-corrected chi connectivity index (χ1v) is 5.74. The maximum atomic E-state index is 5.61. The van der Waals surface area contributed by atoms with E-state index in [9.17, 15) is 0 Å². The van der Waals surface area contributed by atoms with Crippen LogP contribution in [-0.2, 0) is 6.54 Å². The molecule has 0 amide bonds. The number of hydrogen-bond acceptors (Lipinski definition) is 5. The van der Waals surface area contributed by atoms with Crippen LogP contribution in [0.3, 0.4) is 0 Å². The molecule has 0 atom stereocenters. The zero-order valence-corrected chi connectivity index (χ0v) is 9.20. The van der Waals surface area contributed by atoms with Crippen LogP contribution in [-0.4, -0.2) is 9.97 Å². The SMILES string of the molecule is NCc1csc(-c2cc3cccnc3o2)n1. The predicted molar refractivity (Wildman–Crippen MR) is 63.0 cm³/mol. The maximum Gasteiger partial charge on any atom is 0.226 e. The molecule has 3 aromatic heterocycles. The second-order valence-electron chi connectivity index (χ2n) is 3.36. The second-order valence-corrected chi connectivity index (χ2v) is 4.21. The Hall–Kier alpha value is -1.72. The molecule has 0 saturated heterocycles. The average molecular weight is 231 g/mol. The van der Waals surface area contributed by atoms with Crippen molar-refractivity contribution in [2.45, 2.75) is 6.54 Å². The molecule has 3 heterocycles. The molecule has 0 spiro atoms. The first-order valence-electron chi connectivity index (χ1n) is 4.86. The molecule has 0 bridgehead atoms. The van der Waals surface area contributed by atoms with Crippen molar-refractivity contribution in [3.8, 4) is 10.8 Å². The Bertz CT molecular complexity index is 596. The summed E-state index contributed by atoms with van der Waals surface area (Å²) in [5.41, 5.74) is 7.04. The van der Waals surface area contributed by atoms with E-state index in [4.69, 9.17) is 10.2 Å². The van der Waals surface area contributed by atoms with Gasteiger partial charge in [0.25, 0.3) is 0 Å². The van der Waals surface area contributed by atoms with E-state index in [1.807, 2.05) is 23.6 Å². The Morgan fingerprint density at radius 3 is 3.12 bits per heavy atom. The number of rotatable bonds is 2. The third kappa shape index (κ3) is 1.50. The van der Waals surface area contributed by atoms with E-state index in [0.717, 1.165) is 21.8 Å². The van der Waals surface area contributed by atoms with Gasteiger partial charge in [-0.1, -0.05) is 0 Å². The van der Waals surface area contributed by atoms with Crippen LogP contribution < -0.4 is 5.73 Å². The van der Waals surface area contributed by atoms with Gasteiger partial charge in [0.05, 0.1) is 5.69 Å². The average Bonchev–Trinajstić information content (AvgIpc) is 2.95. The molecule has 0 unspecified atom stereocenters. The van der Waals surface area contributed by atoms with E-state index >= 15 is 0 Å². The molecule has 0 fully saturated rings. The van der Waals surface area contributed by atoms with E-state index in [0.29, 0.717) is 12.3 Å². The van der Waals surface area contributed by atoms with Crippen molar-refractivity contribution in [2.75, 3.05) is 0 Å². The van der Waals surface area contributed by atoms with E-state index < -0.39 is 0 Å². The fraction of sp³-hybridized carbons (Fsp3) is 0.0909.